The monoisotopic (exact) mass is 412 g/mol. The molecule has 31 heavy (non-hydrogen) atoms. The van der Waals surface area contributed by atoms with E-state index < -0.39 is 0 Å². The molecule has 2 N–H and O–H groups in total. The number of phenols is 1. The summed E-state index contributed by atoms with van der Waals surface area (Å²) in [6.07, 6.45) is 0. The third-order valence-electron chi connectivity index (χ3n) is 5.57. The zero-order valence-electron chi connectivity index (χ0n) is 18.2. The van der Waals surface area contributed by atoms with Gasteiger partial charge >= 0.3 is 0 Å². The molecule has 0 aliphatic carbocycles. The van der Waals surface area contributed by atoms with Crippen LogP contribution in [0.2, 0.25) is 0 Å². The normalized spacial score (nSPS) is 11.6. The third kappa shape index (κ3) is 4.64. The van der Waals surface area contributed by atoms with Crippen molar-refractivity contribution < 1.29 is 9.90 Å². The van der Waals surface area contributed by atoms with E-state index in [1.165, 1.54) is 5.56 Å². The molecule has 0 atom stereocenters. The van der Waals surface area contributed by atoms with Gasteiger partial charge in [-0.15, -0.1) is 0 Å². The Morgan fingerprint density at radius 1 is 0.903 bits per heavy atom. The summed E-state index contributed by atoms with van der Waals surface area (Å²) < 4.78 is 2.00. The first-order valence-electron chi connectivity index (χ1n) is 10.5. The van der Waals surface area contributed by atoms with Crippen molar-refractivity contribution in [3.63, 3.8) is 0 Å². The minimum atomic E-state index is -0.115. The Morgan fingerprint density at radius 3 is 2.35 bits per heavy atom. The molecule has 0 spiro atoms. The SMILES string of the molecule is CC(C)(C)c1ccc(CNC(=O)c2cc3ccccc3n2Cc2cccc(O)c2)cc1. The average molecular weight is 413 g/mol. The Bertz CT molecular complexity index is 1210. The van der Waals surface area contributed by atoms with Crippen LogP contribution < -0.4 is 5.32 Å². The number of hydrogen-bond acceptors (Lipinski definition) is 2. The molecule has 0 saturated carbocycles. The molecule has 4 aromatic rings. The molecule has 3 aromatic carbocycles. The summed E-state index contributed by atoms with van der Waals surface area (Å²) in [7, 11) is 0. The van der Waals surface area contributed by atoms with Gasteiger partial charge in [-0.3, -0.25) is 4.79 Å². The van der Waals surface area contributed by atoms with E-state index in [1.54, 1.807) is 12.1 Å². The summed E-state index contributed by atoms with van der Waals surface area (Å²) in [4.78, 5) is 13.1. The van der Waals surface area contributed by atoms with Crippen LogP contribution in [-0.4, -0.2) is 15.6 Å². The number of nitrogens with one attached hydrogen (secondary N) is 1. The molecular formula is C27H28N2O2. The molecule has 1 aromatic heterocycles. The predicted octanol–water partition coefficient (Wildman–Crippen LogP) is 5.62. The standard InChI is InChI=1S/C27H28N2O2/c1-27(2,3)22-13-11-19(12-14-22)17-28-26(31)25-16-21-8-4-5-10-24(21)29(25)18-20-7-6-9-23(30)15-20/h4-16,30H,17-18H2,1-3H3,(H,28,31). The Morgan fingerprint density at radius 2 is 1.65 bits per heavy atom. The number of rotatable bonds is 5. The molecule has 0 unspecified atom stereocenters. The Hall–Kier alpha value is -3.53. The quantitative estimate of drug-likeness (QED) is 0.447. The Balaban J connectivity index is 1.57. The van der Waals surface area contributed by atoms with E-state index in [4.69, 9.17) is 0 Å². The first-order chi connectivity index (χ1) is 14.8. The van der Waals surface area contributed by atoms with Crippen LogP contribution in [0.3, 0.4) is 0 Å². The molecule has 4 heteroatoms. The number of carbonyl (C=O) groups excluding carboxylic acids is 1. The highest BCUT2D eigenvalue weighted by molar-refractivity contribution is 5.98. The molecule has 158 valence electrons. The smallest absolute Gasteiger partial charge is 0.268 e. The van der Waals surface area contributed by atoms with Gasteiger partial charge in [0.05, 0.1) is 0 Å². The van der Waals surface area contributed by atoms with Crippen LogP contribution in [-0.2, 0) is 18.5 Å². The lowest BCUT2D eigenvalue weighted by molar-refractivity contribution is 0.0942. The van der Waals surface area contributed by atoms with Crippen LogP contribution in [0, 0.1) is 0 Å². The number of phenolic OH excluding ortho intramolecular Hbond substituents is 1. The van der Waals surface area contributed by atoms with Crippen molar-refractivity contribution in [2.75, 3.05) is 0 Å². The van der Waals surface area contributed by atoms with Gasteiger partial charge in [0.2, 0.25) is 0 Å². The second-order valence-corrected chi connectivity index (χ2v) is 8.97. The van der Waals surface area contributed by atoms with Gasteiger partial charge in [-0.25, -0.2) is 0 Å². The summed E-state index contributed by atoms with van der Waals surface area (Å²) in [6, 6.07) is 25.4. The van der Waals surface area contributed by atoms with E-state index in [2.05, 4.69) is 50.4 Å². The fourth-order valence-electron chi connectivity index (χ4n) is 3.80. The van der Waals surface area contributed by atoms with Crippen LogP contribution >= 0.6 is 0 Å². The number of amides is 1. The number of fused-ring (bicyclic) bond motifs is 1. The molecule has 0 bridgehead atoms. The van der Waals surface area contributed by atoms with Gasteiger partial charge < -0.3 is 15.0 Å². The maximum Gasteiger partial charge on any atom is 0.268 e. The second-order valence-electron chi connectivity index (χ2n) is 8.97. The summed E-state index contributed by atoms with van der Waals surface area (Å²) >= 11 is 0. The number of para-hydroxylation sites is 1. The fraction of sp³-hybridized carbons (Fsp3) is 0.222. The highest BCUT2D eigenvalue weighted by Gasteiger charge is 2.16. The number of aromatic hydroxyl groups is 1. The second kappa shape index (κ2) is 8.31. The van der Waals surface area contributed by atoms with E-state index in [0.717, 1.165) is 22.0 Å². The maximum absolute atomic E-state index is 13.1. The molecule has 0 aliphatic rings. The van der Waals surface area contributed by atoms with E-state index in [-0.39, 0.29) is 17.1 Å². The summed E-state index contributed by atoms with van der Waals surface area (Å²) in [6.45, 7) is 7.54. The van der Waals surface area contributed by atoms with Gasteiger partial charge in [0, 0.05) is 24.0 Å². The maximum atomic E-state index is 13.1. The fourth-order valence-corrected chi connectivity index (χ4v) is 3.80. The molecule has 1 amide bonds. The van der Waals surface area contributed by atoms with Crippen molar-refractivity contribution >= 4 is 16.8 Å². The van der Waals surface area contributed by atoms with Gasteiger partial charge in [-0.2, -0.15) is 0 Å². The first kappa shape index (κ1) is 20.7. The number of benzene rings is 3. The minimum Gasteiger partial charge on any atom is -0.508 e. The lowest BCUT2D eigenvalue weighted by Gasteiger charge is -2.19. The molecule has 0 radical (unpaired) electrons. The zero-order chi connectivity index (χ0) is 22.0. The summed E-state index contributed by atoms with van der Waals surface area (Å²) in [5.74, 6) is 0.106. The largest absolute Gasteiger partial charge is 0.508 e. The Labute approximate surface area is 183 Å². The topological polar surface area (TPSA) is 54.3 Å². The zero-order valence-corrected chi connectivity index (χ0v) is 18.2. The summed E-state index contributed by atoms with van der Waals surface area (Å²) in [5, 5.41) is 13.9. The minimum absolute atomic E-state index is 0.106. The Kier molecular flexibility index (Phi) is 5.55. The third-order valence-corrected chi connectivity index (χ3v) is 5.57. The number of carbonyl (C=O) groups is 1. The van der Waals surface area contributed by atoms with Gasteiger partial charge in [-0.05, 0) is 46.4 Å². The van der Waals surface area contributed by atoms with Crippen molar-refractivity contribution in [1.82, 2.24) is 9.88 Å². The summed E-state index contributed by atoms with van der Waals surface area (Å²) in [5.41, 5.74) is 4.98. The number of hydrogen-bond donors (Lipinski definition) is 2. The molecule has 4 rings (SSSR count). The molecule has 0 saturated heterocycles. The number of aromatic nitrogens is 1. The van der Waals surface area contributed by atoms with Crippen molar-refractivity contribution in [1.29, 1.82) is 0 Å². The predicted molar refractivity (Wildman–Crippen MR) is 125 cm³/mol. The highest BCUT2D eigenvalue weighted by atomic mass is 16.3. The van der Waals surface area contributed by atoms with Crippen LogP contribution in [0.25, 0.3) is 10.9 Å². The van der Waals surface area contributed by atoms with Crippen LogP contribution in [0.1, 0.15) is 48.0 Å². The average Bonchev–Trinajstić information content (AvgIpc) is 3.10. The van der Waals surface area contributed by atoms with Crippen molar-refractivity contribution in [2.45, 2.75) is 39.3 Å². The van der Waals surface area contributed by atoms with E-state index in [9.17, 15) is 9.90 Å². The van der Waals surface area contributed by atoms with E-state index in [1.807, 2.05) is 47.0 Å². The highest BCUT2D eigenvalue weighted by Crippen LogP contribution is 2.24. The first-order valence-corrected chi connectivity index (χ1v) is 10.5. The van der Waals surface area contributed by atoms with Crippen LogP contribution in [0.4, 0.5) is 0 Å². The van der Waals surface area contributed by atoms with Crippen LogP contribution in [0.15, 0.2) is 78.9 Å². The number of nitrogens with zero attached hydrogens (tertiary/aromatic N) is 1. The van der Waals surface area contributed by atoms with E-state index >= 15 is 0 Å². The lowest BCUT2D eigenvalue weighted by Crippen LogP contribution is -2.25. The van der Waals surface area contributed by atoms with Crippen molar-refractivity contribution in [2.24, 2.45) is 0 Å². The molecule has 1 heterocycles. The molecule has 0 fully saturated rings. The molecular weight excluding hydrogens is 384 g/mol. The van der Waals surface area contributed by atoms with Gasteiger partial charge in [0.15, 0.2) is 0 Å². The van der Waals surface area contributed by atoms with Crippen molar-refractivity contribution in [3.8, 4) is 5.75 Å². The van der Waals surface area contributed by atoms with Gasteiger partial charge in [-0.1, -0.05) is 75.4 Å². The van der Waals surface area contributed by atoms with Crippen LogP contribution in [0.5, 0.6) is 5.75 Å². The lowest BCUT2D eigenvalue weighted by atomic mass is 9.87. The molecule has 0 aliphatic heterocycles. The van der Waals surface area contributed by atoms with Gasteiger partial charge in [0.1, 0.15) is 11.4 Å². The van der Waals surface area contributed by atoms with Crippen molar-refractivity contribution in [3.05, 3.63) is 101 Å². The molecule has 4 nitrogen and oxygen atoms in total. The van der Waals surface area contributed by atoms with E-state index in [0.29, 0.717) is 18.8 Å². The van der Waals surface area contributed by atoms with Gasteiger partial charge in [0.25, 0.3) is 5.91 Å².